The Kier molecular flexibility index (Phi) is 2.43. The van der Waals surface area contributed by atoms with Gasteiger partial charge in [0.2, 0.25) is 0 Å². The molecular weight excluding hydrogens is 250 g/mol. The van der Waals surface area contributed by atoms with Gasteiger partial charge in [0.25, 0.3) is 0 Å². The highest BCUT2D eigenvalue weighted by atomic mass is 16.3. The zero-order chi connectivity index (χ0) is 13.3. The van der Waals surface area contributed by atoms with Crippen molar-refractivity contribution in [2.45, 2.75) is 50.7 Å². The van der Waals surface area contributed by atoms with Gasteiger partial charge in [-0.25, -0.2) is 0 Å². The van der Waals surface area contributed by atoms with Crippen LogP contribution in [-0.4, -0.2) is 11.7 Å². The first-order valence-electron chi connectivity index (χ1n) is 8.29. The summed E-state index contributed by atoms with van der Waals surface area (Å²) in [5.74, 6) is 6.52. The Hall–Kier alpha value is -0.800. The van der Waals surface area contributed by atoms with E-state index in [1.54, 1.807) is 0 Å². The quantitative estimate of drug-likeness (QED) is 0.827. The van der Waals surface area contributed by atoms with Gasteiger partial charge in [-0.05, 0) is 61.8 Å². The molecule has 1 atom stereocenters. The molecule has 5 aliphatic rings. The van der Waals surface area contributed by atoms with E-state index in [1.807, 2.05) is 0 Å². The number of fused-ring (bicyclic) bond motifs is 1. The standard InChI is InChI=1S/C17H23NO2/c19-14-7-18-8-16-13(14)6-15(20-16)17-11-2-9-1-10(4-11)5-12(17)3-9/h6,9-12,14,17-19H,1-5,7-8H2. The van der Waals surface area contributed by atoms with Gasteiger partial charge in [0.15, 0.2) is 0 Å². The van der Waals surface area contributed by atoms with E-state index in [9.17, 15) is 5.11 Å². The Morgan fingerprint density at radius 1 is 1.05 bits per heavy atom. The van der Waals surface area contributed by atoms with Crippen LogP contribution in [0.2, 0.25) is 0 Å². The normalized spacial score (nSPS) is 45.6. The number of β-amino-alcohol motifs (C(OH)–C–C–N with tert-alkyl or cyclic N) is 1. The van der Waals surface area contributed by atoms with Crippen molar-refractivity contribution in [2.24, 2.45) is 23.7 Å². The Balaban J connectivity index is 1.51. The monoisotopic (exact) mass is 273 g/mol. The molecule has 0 spiro atoms. The van der Waals surface area contributed by atoms with E-state index in [-0.39, 0.29) is 6.10 Å². The van der Waals surface area contributed by atoms with Crippen LogP contribution in [0.25, 0.3) is 0 Å². The molecule has 0 amide bonds. The van der Waals surface area contributed by atoms with Gasteiger partial charge in [0.05, 0.1) is 12.6 Å². The van der Waals surface area contributed by atoms with Crippen LogP contribution in [0.3, 0.4) is 0 Å². The first-order chi connectivity index (χ1) is 9.78. The van der Waals surface area contributed by atoms with Crippen LogP contribution in [0.4, 0.5) is 0 Å². The fraction of sp³-hybridized carbons (Fsp3) is 0.765. The van der Waals surface area contributed by atoms with E-state index in [0.717, 1.165) is 41.5 Å². The van der Waals surface area contributed by atoms with E-state index in [0.29, 0.717) is 12.5 Å². The van der Waals surface area contributed by atoms with Crippen LogP contribution >= 0.6 is 0 Å². The molecule has 3 nitrogen and oxygen atoms in total. The molecule has 1 aromatic heterocycles. The molecule has 2 heterocycles. The molecule has 3 heteroatoms. The average Bonchev–Trinajstić information content (AvgIpc) is 2.82. The average molecular weight is 273 g/mol. The summed E-state index contributed by atoms with van der Waals surface area (Å²) in [6.45, 7) is 1.44. The molecule has 4 saturated carbocycles. The highest BCUT2D eigenvalue weighted by Gasteiger charge is 2.50. The first kappa shape index (κ1) is 11.8. The molecule has 4 aliphatic carbocycles. The van der Waals surface area contributed by atoms with Gasteiger partial charge in [0, 0.05) is 18.0 Å². The minimum atomic E-state index is -0.381. The lowest BCUT2D eigenvalue weighted by atomic mass is 9.51. The molecule has 0 radical (unpaired) electrons. The molecule has 1 aliphatic heterocycles. The first-order valence-corrected chi connectivity index (χ1v) is 8.29. The van der Waals surface area contributed by atoms with Crippen molar-refractivity contribution < 1.29 is 9.52 Å². The van der Waals surface area contributed by atoms with Crippen molar-refractivity contribution in [3.63, 3.8) is 0 Å². The minimum Gasteiger partial charge on any atom is -0.464 e. The predicted molar refractivity (Wildman–Crippen MR) is 75.2 cm³/mol. The van der Waals surface area contributed by atoms with Gasteiger partial charge in [-0.1, -0.05) is 0 Å². The van der Waals surface area contributed by atoms with Crippen molar-refractivity contribution >= 4 is 0 Å². The number of hydrogen-bond acceptors (Lipinski definition) is 3. The molecule has 108 valence electrons. The number of aliphatic hydroxyl groups excluding tert-OH is 1. The summed E-state index contributed by atoms with van der Waals surface area (Å²) in [7, 11) is 0. The van der Waals surface area contributed by atoms with Crippen molar-refractivity contribution in [2.75, 3.05) is 6.54 Å². The van der Waals surface area contributed by atoms with Crippen LogP contribution in [0.5, 0.6) is 0 Å². The van der Waals surface area contributed by atoms with E-state index < -0.39 is 0 Å². The van der Waals surface area contributed by atoms with Gasteiger partial charge >= 0.3 is 0 Å². The zero-order valence-electron chi connectivity index (χ0n) is 11.8. The number of hydrogen-bond donors (Lipinski definition) is 2. The topological polar surface area (TPSA) is 45.4 Å². The zero-order valence-corrected chi connectivity index (χ0v) is 11.8. The Morgan fingerprint density at radius 3 is 2.40 bits per heavy atom. The summed E-state index contributed by atoms with van der Waals surface area (Å²) in [4.78, 5) is 0. The largest absolute Gasteiger partial charge is 0.464 e. The Morgan fingerprint density at radius 2 is 1.75 bits per heavy atom. The van der Waals surface area contributed by atoms with Crippen molar-refractivity contribution in [1.82, 2.24) is 5.32 Å². The summed E-state index contributed by atoms with van der Waals surface area (Å²) in [6, 6.07) is 2.19. The molecule has 6 rings (SSSR count). The highest BCUT2D eigenvalue weighted by Crippen LogP contribution is 2.60. The molecule has 1 unspecified atom stereocenters. The lowest BCUT2D eigenvalue weighted by Gasteiger charge is -2.53. The van der Waals surface area contributed by atoms with E-state index in [1.165, 1.54) is 37.9 Å². The van der Waals surface area contributed by atoms with Gasteiger partial charge in [-0.3, -0.25) is 0 Å². The number of furan rings is 1. The fourth-order valence-corrected chi connectivity index (χ4v) is 5.87. The van der Waals surface area contributed by atoms with Crippen molar-refractivity contribution in [3.8, 4) is 0 Å². The summed E-state index contributed by atoms with van der Waals surface area (Å²) < 4.78 is 6.18. The summed E-state index contributed by atoms with van der Waals surface area (Å²) in [5, 5.41) is 13.3. The SMILES string of the molecule is OC1CNCc2oc(C3C4CC5CC(C4)CC3C5)cc21. The maximum atomic E-state index is 10.1. The molecular formula is C17H23NO2. The molecule has 2 N–H and O–H groups in total. The van der Waals surface area contributed by atoms with Crippen LogP contribution in [0.15, 0.2) is 10.5 Å². The maximum absolute atomic E-state index is 10.1. The third-order valence-electron chi connectivity index (χ3n) is 6.40. The van der Waals surface area contributed by atoms with E-state index in [4.69, 9.17) is 4.42 Å². The van der Waals surface area contributed by atoms with Crippen LogP contribution in [0.1, 0.15) is 61.2 Å². The fourth-order valence-electron chi connectivity index (χ4n) is 5.87. The number of rotatable bonds is 1. The van der Waals surface area contributed by atoms with Gasteiger partial charge in [-0.15, -0.1) is 0 Å². The lowest BCUT2D eigenvalue weighted by molar-refractivity contribution is -0.00995. The Labute approximate surface area is 119 Å². The van der Waals surface area contributed by atoms with E-state index in [2.05, 4.69) is 11.4 Å². The molecule has 0 saturated heterocycles. The minimum absolute atomic E-state index is 0.381. The van der Waals surface area contributed by atoms with Crippen molar-refractivity contribution in [3.05, 3.63) is 23.2 Å². The lowest BCUT2D eigenvalue weighted by Crippen LogP contribution is -2.43. The number of aliphatic hydroxyl groups is 1. The van der Waals surface area contributed by atoms with Crippen molar-refractivity contribution in [1.29, 1.82) is 0 Å². The van der Waals surface area contributed by atoms with Gasteiger partial charge in [-0.2, -0.15) is 0 Å². The summed E-state index contributed by atoms with van der Waals surface area (Å²) in [6.07, 6.45) is 6.80. The molecule has 4 fully saturated rings. The third-order valence-corrected chi connectivity index (χ3v) is 6.40. The highest BCUT2D eigenvalue weighted by molar-refractivity contribution is 5.29. The third kappa shape index (κ3) is 1.59. The Bertz CT molecular complexity index is 507. The second-order valence-corrected chi connectivity index (χ2v) is 7.63. The maximum Gasteiger partial charge on any atom is 0.123 e. The molecule has 20 heavy (non-hydrogen) atoms. The number of nitrogens with one attached hydrogen (secondary N) is 1. The van der Waals surface area contributed by atoms with Crippen LogP contribution in [-0.2, 0) is 6.54 Å². The smallest absolute Gasteiger partial charge is 0.123 e. The second kappa shape index (κ2) is 4.11. The summed E-state index contributed by atoms with van der Waals surface area (Å²) >= 11 is 0. The molecule has 4 bridgehead atoms. The molecule has 0 aromatic carbocycles. The van der Waals surface area contributed by atoms with Gasteiger partial charge in [0.1, 0.15) is 11.5 Å². The second-order valence-electron chi connectivity index (χ2n) is 7.63. The predicted octanol–water partition coefficient (Wildman–Crippen LogP) is 2.96. The van der Waals surface area contributed by atoms with Crippen LogP contribution in [0, 0.1) is 23.7 Å². The molecule has 1 aromatic rings. The van der Waals surface area contributed by atoms with Gasteiger partial charge < -0.3 is 14.8 Å². The summed E-state index contributed by atoms with van der Waals surface area (Å²) in [5.41, 5.74) is 1.05. The van der Waals surface area contributed by atoms with Crippen LogP contribution < -0.4 is 5.32 Å². The van der Waals surface area contributed by atoms with E-state index >= 15 is 0 Å².